The predicted molar refractivity (Wildman–Crippen MR) is 78.5 cm³/mol. The molecule has 0 aliphatic heterocycles. The molecule has 2 rings (SSSR count). The van der Waals surface area contributed by atoms with Crippen LogP contribution in [0.25, 0.3) is 5.53 Å². The Morgan fingerprint density at radius 2 is 2.00 bits per heavy atom. The third-order valence-corrected chi connectivity index (χ3v) is 2.99. The van der Waals surface area contributed by atoms with Gasteiger partial charge < -0.3 is 25.4 Å². The molecule has 1 aromatic carbocycles. The Hall–Kier alpha value is -2.01. The third-order valence-electron chi connectivity index (χ3n) is 2.65. The summed E-state index contributed by atoms with van der Waals surface area (Å²) in [4.78, 5) is 20.3. The van der Waals surface area contributed by atoms with Gasteiger partial charge in [0.25, 0.3) is 5.71 Å². The lowest BCUT2D eigenvalue weighted by molar-refractivity contribution is -0.00540. The maximum Gasteiger partial charge on any atom is 0.330 e. The fraction of sp³-hybridized carbons (Fsp3) is 0.154. The summed E-state index contributed by atoms with van der Waals surface area (Å²) in [5.41, 5.74) is 11.0. The molecule has 1 aromatic rings. The van der Waals surface area contributed by atoms with Gasteiger partial charge in [0.1, 0.15) is 5.75 Å². The van der Waals surface area contributed by atoms with E-state index in [0.29, 0.717) is 17.9 Å². The quantitative estimate of drug-likeness (QED) is 0.323. The number of rotatable bonds is 6. The van der Waals surface area contributed by atoms with E-state index in [9.17, 15) is 0 Å². The summed E-state index contributed by atoms with van der Waals surface area (Å²) in [6.07, 6.45) is 6.04. The minimum atomic E-state index is -2.40. The summed E-state index contributed by atoms with van der Waals surface area (Å²) in [6.45, 7) is -0.220. The second-order valence-electron chi connectivity index (χ2n) is 4.08. The number of hydrogen-bond acceptors (Lipinski definition) is 5. The van der Waals surface area contributed by atoms with E-state index in [0.717, 1.165) is 11.4 Å². The van der Waals surface area contributed by atoms with Crippen LogP contribution in [0, 0.1) is 0 Å². The first-order valence-corrected chi connectivity index (χ1v) is 7.24. The van der Waals surface area contributed by atoms with Crippen molar-refractivity contribution in [2.45, 2.75) is 6.42 Å². The van der Waals surface area contributed by atoms with E-state index >= 15 is 0 Å². The number of allylic oxidation sites excluding steroid dienone is 3. The third kappa shape index (κ3) is 5.11. The van der Waals surface area contributed by atoms with Gasteiger partial charge in [0, 0.05) is 17.5 Å². The SMILES string of the molecule is [N-]=[N+]=C1C=CC(Nc2ccc(OCOP(O)O)cc2)=CC1. The Balaban J connectivity index is 1.87. The molecule has 3 N–H and O–H groups in total. The van der Waals surface area contributed by atoms with Crippen molar-refractivity contribution < 1.29 is 23.8 Å². The van der Waals surface area contributed by atoms with Crippen molar-refractivity contribution in [3.8, 4) is 5.75 Å². The van der Waals surface area contributed by atoms with E-state index < -0.39 is 8.60 Å². The second-order valence-corrected chi connectivity index (χ2v) is 4.85. The van der Waals surface area contributed by atoms with Crippen LogP contribution >= 0.6 is 8.60 Å². The van der Waals surface area contributed by atoms with Gasteiger partial charge in [-0.15, -0.1) is 0 Å². The van der Waals surface area contributed by atoms with Gasteiger partial charge in [0.15, 0.2) is 6.79 Å². The van der Waals surface area contributed by atoms with Crippen molar-refractivity contribution in [1.29, 1.82) is 0 Å². The van der Waals surface area contributed by atoms with Crippen molar-refractivity contribution >= 4 is 20.0 Å². The number of anilines is 1. The van der Waals surface area contributed by atoms with Crippen molar-refractivity contribution in [1.82, 2.24) is 0 Å². The van der Waals surface area contributed by atoms with E-state index in [1.54, 1.807) is 18.2 Å². The van der Waals surface area contributed by atoms with E-state index in [-0.39, 0.29) is 6.79 Å². The van der Waals surface area contributed by atoms with Crippen LogP contribution in [0.3, 0.4) is 0 Å². The van der Waals surface area contributed by atoms with Crippen LogP contribution in [0.1, 0.15) is 6.42 Å². The Morgan fingerprint density at radius 3 is 2.57 bits per heavy atom. The lowest BCUT2D eigenvalue weighted by atomic mass is 10.1. The largest absolute Gasteiger partial charge is 0.467 e. The number of benzene rings is 1. The molecule has 1 aliphatic carbocycles. The summed E-state index contributed by atoms with van der Waals surface area (Å²) in [6, 6.07) is 7.10. The first kappa shape index (κ1) is 15.4. The zero-order valence-corrected chi connectivity index (χ0v) is 11.9. The zero-order chi connectivity index (χ0) is 15.1. The summed E-state index contributed by atoms with van der Waals surface area (Å²) < 4.78 is 9.67. The van der Waals surface area contributed by atoms with Gasteiger partial charge in [-0.1, -0.05) is 0 Å². The van der Waals surface area contributed by atoms with Crippen LogP contribution in [-0.2, 0) is 4.52 Å². The van der Waals surface area contributed by atoms with Gasteiger partial charge in [-0.2, -0.15) is 4.79 Å². The minimum absolute atomic E-state index is 0.220. The van der Waals surface area contributed by atoms with Gasteiger partial charge in [-0.3, -0.25) is 4.52 Å². The maximum absolute atomic E-state index is 8.64. The summed E-state index contributed by atoms with van der Waals surface area (Å²) in [5, 5.41) is 3.20. The molecule has 0 atom stereocenters. The zero-order valence-electron chi connectivity index (χ0n) is 11.0. The molecule has 7 nitrogen and oxygen atoms in total. The van der Waals surface area contributed by atoms with E-state index in [4.69, 9.17) is 20.1 Å². The predicted octanol–water partition coefficient (Wildman–Crippen LogP) is 2.18. The Morgan fingerprint density at radius 1 is 1.24 bits per heavy atom. The highest BCUT2D eigenvalue weighted by Gasteiger charge is 2.08. The van der Waals surface area contributed by atoms with Gasteiger partial charge in [0.2, 0.25) is 0 Å². The molecule has 21 heavy (non-hydrogen) atoms. The molecule has 0 saturated carbocycles. The average Bonchev–Trinajstić information content (AvgIpc) is 2.49. The molecule has 0 saturated heterocycles. The fourth-order valence-corrected chi connectivity index (χ4v) is 1.79. The van der Waals surface area contributed by atoms with E-state index in [1.807, 2.05) is 24.3 Å². The lowest BCUT2D eigenvalue weighted by Gasteiger charge is -2.11. The molecule has 0 heterocycles. The standard InChI is InChI=1S/C13H14N3O4P/c14-16-12-3-1-10(2-4-12)15-11-5-7-13(8-6-11)19-9-20-21(17)18/h1-3,5-8,15,17-18H,4,9H2. The average molecular weight is 307 g/mol. The smallest absolute Gasteiger partial charge is 0.330 e. The first-order valence-electron chi connectivity index (χ1n) is 6.07. The monoisotopic (exact) mass is 307 g/mol. The number of hydrogen-bond donors (Lipinski definition) is 3. The highest BCUT2D eigenvalue weighted by Crippen LogP contribution is 2.25. The molecule has 110 valence electrons. The molecule has 0 radical (unpaired) electrons. The molecule has 0 unspecified atom stereocenters. The number of ether oxygens (including phenoxy) is 1. The normalized spacial score (nSPS) is 13.9. The number of nitrogens with one attached hydrogen (secondary N) is 1. The maximum atomic E-state index is 8.64. The van der Waals surface area contributed by atoms with E-state index in [1.165, 1.54) is 0 Å². The Bertz CT molecular complexity index is 592. The molecule has 1 aliphatic rings. The van der Waals surface area contributed by atoms with Gasteiger partial charge in [-0.25, -0.2) is 0 Å². The van der Waals surface area contributed by atoms with Crippen LogP contribution in [-0.4, -0.2) is 27.1 Å². The molecule has 8 heteroatoms. The topological polar surface area (TPSA) is 107 Å². The molecule has 0 fully saturated rings. The van der Waals surface area contributed by atoms with Crippen molar-refractivity contribution in [2.75, 3.05) is 12.1 Å². The molecule has 0 spiro atoms. The van der Waals surface area contributed by atoms with Crippen LogP contribution in [0.5, 0.6) is 5.75 Å². The Labute approximate surface area is 122 Å². The van der Waals surface area contributed by atoms with Crippen LogP contribution in [0.2, 0.25) is 0 Å². The second kappa shape index (κ2) is 7.69. The molecule has 0 bridgehead atoms. The summed E-state index contributed by atoms with van der Waals surface area (Å²) in [7, 11) is -2.40. The lowest BCUT2D eigenvalue weighted by Crippen LogP contribution is -2.05. The van der Waals surface area contributed by atoms with E-state index in [2.05, 4.69) is 14.6 Å². The molecular formula is C13H14N3O4P. The van der Waals surface area contributed by atoms with Crippen LogP contribution < -0.4 is 10.1 Å². The summed E-state index contributed by atoms with van der Waals surface area (Å²) >= 11 is 0. The van der Waals surface area contributed by atoms with Crippen molar-refractivity contribution in [3.05, 3.63) is 53.7 Å². The van der Waals surface area contributed by atoms with Crippen LogP contribution in [0.15, 0.2) is 48.2 Å². The Kier molecular flexibility index (Phi) is 5.63. The van der Waals surface area contributed by atoms with Crippen LogP contribution in [0.4, 0.5) is 5.69 Å². The highest BCUT2D eigenvalue weighted by atomic mass is 31.2. The van der Waals surface area contributed by atoms with Crippen molar-refractivity contribution in [2.24, 2.45) is 0 Å². The molecular weight excluding hydrogens is 293 g/mol. The van der Waals surface area contributed by atoms with Gasteiger partial charge >= 0.3 is 8.60 Å². The van der Waals surface area contributed by atoms with Gasteiger partial charge in [-0.05, 0) is 36.4 Å². The van der Waals surface area contributed by atoms with Crippen molar-refractivity contribution in [3.63, 3.8) is 0 Å². The fourth-order valence-electron chi connectivity index (χ4n) is 1.65. The number of nitrogens with zero attached hydrogens (tertiary/aromatic N) is 2. The first-order chi connectivity index (χ1) is 10.2. The highest BCUT2D eigenvalue weighted by molar-refractivity contribution is 7.39. The summed E-state index contributed by atoms with van der Waals surface area (Å²) in [5.74, 6) is 0.556. The van der Waals surface area contributed by atoms with Gasteiger partial charge in [0.05, 0.1) is 6.42 Å². The molecule has 0 amide bonds. The minimum Gasteiger partial charge on any atom is -0.467 e. The molecule has 0 aromatic heterocycles.